The average molecular weight is 434 g/mol. The van der Waals surface area contributed by atoms with E-state index in [2.05, 4.69) is 16.5 Å². The van der Waals surface area contributed by atoms with E-state index < -0.39 is 5.60 Å². The van der Waals surface area contributed by atoms with E-state index in [4.69, 9.17) is 4.74 Å². The van der Waals surface area contributed by atoms with Gasteiger partial charge in [0.25, 0.3) is 5.91 Å². The largest absolute Gasteiger partial charge is 0.456 e. The number of nitrogens with zero attached hydrogens (tertiary/aromatic N) is 3. The molecule has 1 aromatic carbocycles. The van der Waals surface area contributed by atoms with Gasteiger partial charge >= 0.3 is 5.97 Å². The normalized spacial score (nSPS) is 16.5. The Hall–Kier alpha value is -3.15. The van der Waals surface area contributed by atoms with Gasteiger partial charge in [0.05, 0.1) is 11.1 Å². The van der Waals surface area contributed by atoms with Crippen LogP contribution in [0, 0.1) is 0 Å². The Labute approximate surface area is 189 Å². The van der Waals surface area contributed by atoms with Crippen LogP contribution in [-0.2, 0) is 11.2 Å². The van der Waals surface area contributed by atoms with Crippen LogP contribution < -0.4 is 4.90 Å². The summed E-state index contributed by atoms with van der Waals surface area (Å²) >= 11 is 0. The molecule has 3 heterocycles. The SMILES string of the molecule is C=C1CCCN(C(=O)c2cnc3c(c2)CCN3c2ccc(C(=O)OC(C)(C)C)cc2)CC1. The fraction of sp³-hybridized carbons (Fsp3) is 0.423. The van der Waals surface area contributed by atoms with Crippen molar-refractivity contribution in [1.29, 1.82) is 0 Å². The molecule has 32 heavy (non-hydrogen) atoms. The van der Waals surface area contributed by atoms with Gasteiger partial charge in [-0.2, -0.15) is 0 Å². The molecule has 1 amide bonds. The number of aromatic nitrogens is 1. The highest BCUT2D eigenvalue weighted by Crippen LogP contribution is 2.33. The second kappa shape index (κ2) is 8.77. The van der Waals surface area contributed by atoms with Gasteiger partial charge in [-0.3, -0.25) is 4.79 Å². The van der Waals surface area contributed by atoms with Crippen LogP contribution in [0.5, 0.6) is 0 Å². The second-order valence-corrected chi connectivity index (χ2v) is 9.55. The summed E-state index contributed by atoms with van der Waals surface area (Å²) in [6.45, 7) is 11.9. The highest BCUT2D eigenvalue weighted by molar-refractivity contribution is 5.95. The fourth-order valence-corrected chi connectivity index (χ4v) is 4.19. The number of fused-ring (bicyclic) bond motifs is 1. The molecule has 2 aromatic rings. The Balaban J connectivity index is 1.48. The molecule has 4 rings (SSSR count). The van der Waals surface area contributed by atoms with Crippen LogP contribution in [-0.4, -0.2) is 47.0 Å². The zero-order valence-corrected chi connectivity index (χ0v) is 19.2. The van der Waals surface area contributed by atoms with E-state index in [0.717, 1.165) is 62.4 Å². The van der Waals surface area contributed by atoms with Gasteiger partial charge in [-0.1, -0.05) is 12.2 Å². The Morgan fingerprint density at radius 2 is 1.75 bits per heavy atom. The van der Waals surface area contributed by atoms with Gasteiger partial charge in [0, 0.05) is 31.5 Å². The number of likely N-dealkylation sites (tertiary alicyclic amines) is 1. The van der Waals surface area contributed by atoms with Gasteiger partial charge in [-0.05, 0) is 82.3 Å². The quantitative estimate of drug-likeness (QED) is 0.508. The van der Waals surface area contributed by atoms with Gasteiger partial charge in [0.1, 0.15) is 11.4 Å². The number of carbonyl (C=O) groups excluding carboxylic acids is 2. The molecule has 0 radical (unpaired) electrons. The molecule has 0 bridgehead atoms. The number of carbonyl (C=O) groups is 2. The molecule has 0 N–H and O–H groups in total. The lowest BCUT2D eigenvalue weighted by Crippen LogP contribution is -2.32. The lowest BCUT2D eigenvalue weighted by molar-refractivity contribution is 0.00694. The van der Waals surface area contributed by atoms with Crippen molar-refractivity contribution in [2.75, 3.05) is 24.5 Å². The molecule has 0 unspecified atom stereocenters. The average Bonchev–Trinajstić information content (AvgIpc) is 3.05. The topological polar surface area (TPSA) is 62.7 Å². The molecule has 6 heteroatoms. The van der Waals surface area contributed by atoms with Crippen molar-refractivity contribution < 1.29 is 14.3 Å². The number of ether oxygens (including phenoxy) is 1. The molecule has 6 nitrogen and oxygen atoms in total. The predicted octanol–water partition coefficient (Wildman–Crippen LogP) is 4.91. The molecule has 0 spiro atoms. The van der Waals surface area contributed by atoms with Gasteiger partial charge in [-0.15, -0.1) is 0 Å². The predicted molar refractivity (Wildman–Crippen MR) is 125 cm³/mol. The third kappa shape index (κ3) is 4.85. The number of benzene rings is 1. The summed E-state index contributed by atoms with van der Waals surface area (Å²) in [7, 11) is 0. The maximum atomic E-state index is 13.0. The van der Waals surface area contributed by atoms with Gasteiger partial charge in [0.15, 0.2) is 0 Å². The van der Waals surface area contributed by atoms with Crippen molar-refractivity contribution in [3.63, 3.8) is 0 Å². The third-order valence-corrected chi connectivity index (χ3v) is 5.84. The maximum Gasteiger partial charge on any atom is 0.338 e. The van der Waals surface area contributed by atoms with Crippen LogP contribution >= 0.6 is 0 Å². The number of rotatable bonds is 3. The summed E-state index contributed by atoms with van der Waals surface area (Å²) in [6.07, 6.45) is 5.35. The molecule has 1 saturated heterocycles. The summed E-state index contributed by atoms with van der Waals surface area (Å²) in [4.78, 5) is 34.0. The van der Waals surface area contributed by atoms with E-state index in [9.17, 15) is 9.59 Å². The van der Waals surface area contributed by atoms with Crippen molar-refractivity contribution in [1.82, 2.24) is 9.88 Å². The Bertz CT molecular complexity index is 1040. The second-order valence-electron chi connectivity index (χ2n) is 9.55. The van der Waals surface area contributed by atoms with Crippen molar-refractivity contribution >= 4 is 23.4 Å². The molecular formula is C26H31N3O3. The first-order chi connectivity index (χ1) is 15.2. The third-order valence-electron chi connectivity index (χ3n) is 5.84. The van der Waals surface area contributed by atoms with Gasteiger partial charge in [0.2, 0.25) is 0 Å². The molecule has 1 aromatic heterocycles. The zero-order chi connectivity index (χ0) is 22.9. The molecule has 1 fully saturated rings. The smallest absolute Gasteiger partial charge is 0.338 e. The minimum absolute atomic E-state index is 0.0511. The minimum atomic E-state index is -0.524. The summed E-state index contributed by atoms with van der Waals surface area (Å²) in [6, 6.07) is 9.39. The van der Waals surface area contributed by atoms with E-state index in [1.165, 1.54) is 5.57 Å². The minimum Gasteiger partial charge on any atom is -0.456 e. The van der Waals surface area contributed by atoms with E-state index in [1.54, 1.807) is 18.3 Å². The van der Waals surface area contributed by atoms with Crippen LogP contribution in [0.3, 0.4) is 0 Å². The number of amides is 1. The van der Waals surface area contributed by atoms with Crippen LogP contribution in [0.25, 0.3) is 0 Å². The van der Waals surface area contributed by atoms with Crippen molar-refractivity contribution in [2.24, 2.45) is 0 Å². The van der Waals surface area contributed by atoms with E-state index in [1.807, 2.05) is 43.9 Å². The fourth-order valence-electron chi connectivity index (χ4n) is 4.19. The molecule has 168 valence electrons. The molecule has 0 aliphatic carbocycles. The monoisotopic (exact) mass is 433 g/mol. The lowest BCUT2D eigenvalue weighted by Gasteiger charge is -2.22. The van der Waals surface area contributed by atoms with Crippen LogP contribution in [0.4, 0.5) is 11.5 Å². The van der Waals surface area contributed by atoms with Crippen LogP contribution in [0.2, 0.25) is 0 Å². The standard InChI is InChI=1S/C26H31N3O3/c1-18-6-5-13-28(14-11-18)24(30)21-16-20-12-15-29(23(20)27-17-21)22-9-7-19(8-10-22)25(31)32-26(2,3)4/h7-10,16-17H,1,5-6,11-15H2,2-4H3. The molecular weight excluding hydrogens is 402 g/mol. The first kappa shape index (κ1) is 22.1. The van der Waals surface area contributed by atoms with Gasteiger partial charge in [-0.25, -0.2) is 9.78 Å². The number of anilines is 2. The van der Waals surface area contributed by atoms with E-state index >= 15 is 0 Å². The summed E-state index contributed by atoms with van der Waals surface area (Å²) in [5.74, 6) is 0.593. The number of hydrogen-bond acceptors (Lipinski definition) is 5. The van der Waals surface area contributed by atoms with Crippen molar-refractivity contribution in [3.05, 3.63) is 65.4 Å². The van der Waals surface area contributed by atoms with Crippen LogP contribution in [0.15, 0.2) is 48.7 Å². The molecule has 0 saturated carbocycles. The van der Waals surface area contributed by atoms with E-state index in [0.29, 0.717) is 11.1 Å². The molecule has 0 atom stereocenters. The Kier molecular flexibility index (Phi) is 6.04. The zero-order valence-electron chi connectivity index (χ0n) is 19.2. The number of pyridine rings is 1. The van der Waals surface area contributed by atoms with E-state index in [-0.39, 0.29) is 11.9 Å². The van der Waals surface area contributed by atoms with Crippen molar-refractivity contribution in [3.8, 4) is 0 Å². The highest BCUT2D eigenvalue weighted by Gasteiger charge is 2.26. The number of hydrogen-bond donors (Lipinski definition) is 0. The Morgan fingerprint density at radius 1 is 1.00 bits per heavy atom. The highest BCUT2D eigenvalue weighted by atomic mass is 16.6. The van der Waals surface area contributed by atoms with Gasteiger partial charge < -0.3 is 14.5 Å². The first-order valence-electron chi connectivity index (χ1n) is 11.3. The first-order valence-corrected chi connectivity index (χ1v) is 11.3. The summed E-state index contributed by atoms with van der Waals surface area (Å²) in [5.41, 5.74) is 3.92. The molecule has 2 aliphatic rings. The summed E-state index contributed by atoms with van der Waals surface area (Å²) < 4.78 is 5.44. The van der Waals surface area contributed by atoms with Crippen LogP contribution in [0.1, 0.15) is 66.3 Å². The lowest BCUT2D eigenvalue weighted by atomic mass is 10.1. The number of esters is 1. The maximum absolute atomic E-state index is 13.0. The molecule has 2 aliphatic heterocycles. The summed E-state index contributed by atoms with van der Waals surface area (Å²) in [5, 5.41) is 0. The Morgan fingerprint density at radius 3 is 2.47 bits per heavy atom. The van der Waals surface area contributed by atoms with Crippen molar-refractivity contribution in [2.45, 2.75) is 52.1 Å².